The first kappa shape index (κ1) is 18.1. The summed E-state index contributed by atoms with van der Waals surface area (Å²) in [7, 11) is -2.52. The van der Waals surface area contributed by atoms with E-state index in [1.165, 1.54) is 30.1 Å². The minimum atomic E-state index is -4.01. The highest BCUT2D eigenvalue weighted by atomic mass is 32.2. The summed E-state index contributed by atoms with van der Waals surface area (Å²) in [5, 5.41) is 20.0. The lowest BCUT2D eigenvalue weighted by Gasteiger charge is -2.33. The molecular weight excluding hydrogens is 338 g/mol. The fourth-order valence-corrected chi connectivity index (χ4v) is 4.33. The van der Waals surface area contributed by atoms with Crippen molar-refractivity contribution >= 4 is 21.8 Å². The summed E-state index contributed by atoms with van der Waals surface area (Å²) in [4.78, 5) is 22.1. The summed E-state index contributed by atoms with van der Waals surface area (Å²) in [5.74, 6) is 0. The number of amides is 1. The van der Waals surface area contributed by atoms with Crippen LogP contribution in [0.4, 0.5) is 10.5 Å². The second-order valence-corrected chi connectivity index (χ2v) is 7.43. The third-order valence-electron chi connectivity index (χ3n) is 4.22. The van der Waals surface area contributed by atoms with Crippen molar-refractivity contribution in [3.05, 3.63) is 34.4 Å². The first-order valence-electron chi connectivity index (χ1n) is 7.44. The number of carbonyl (C=O) groups is 1. The Hall–Kier alpha value is -2.20. The summed E-state index contributed by atoms with van der Waals surface area (Å²) in [5.41, 5.74) is -0.468. The molecule has 1 saturated carbocycles. The van der Waals surface area contributed by atoms with Crippen LogP contribution in [0.1, 0.15) is 25.7 Å². The van der Waals surface area contributed by atoms with Crippen molar-refractivity contribution in [3.63, 3.8) is 0 Å². The molecule has 2 N–H and O–H groups in total. The molecule has 0 atom stereocenters. The quantitative estimate of drug-likeness (QED) is 0.610. The Labute approximate surface area is 139 Å². The van der Waals surface area contributed by atoms with Gasteiger partial charge < -0.3 is 10.0 Å². The van der Waals surface area contributed by atoms with Gasteiger partial charge in [0.15, 0.2) is 4.90 Å². The number of rotatable bonds is 5. The molecule has 10 heteroatoms. The third-order valence-corrected chi connectivity index (χ3v) is 5.79. The van der Waals surface area contributed by atoms with Crippen LogP contribution in [-0.4, -0.2) is 48.6 Å². The van der Waals surface area contributed by atoms with Gasteiger partial charge in [0, 0.05) is 25.2 Å². The van der Waals surface area contributed by atoms with Crippen LogP contribution in [0.3, 0.4) is 0 Å². The second kappa shape index (κ2) is 7.14. The van der Waals surface area contributed by atoms with Gasteiger partial charge in [-0.2, -0.15) is 0 Å². The number of benzene rings is 1. The van der Waals surface area contributed by atoms with Crippen LogP contribution in [0.25, 0.3) is 0 Å². The van der Waals surface area contributed by atoms with Gasteiger partial charge in [-0.15, -0.1) is 0 Å². The van der Waals surface area contributed by atoms with Crippen molar-refractivity contribution in [2.45, 2.75) is 42.7 Å². The summed E-state index contributed by atoms with van der Waals surface area (Å²) >= 11 is 0. The molecule has 9 nitrogen and oxygen atoms in total. The molecule has 1 aromatic rings. The highest BCUT2D eigenvalue weighted by Crippen LogP contribution is 2.26. The van der Waals surface area contributed by atoms with Gasteiger partial charge in [0.05, 0.1) is 4.92 Å². The normalized spacial score (nSPS) is 21.2. The fourth-order valence-electron chi connectivity index (χ4n) is 2.86. The molecule has 1 fully saturated rings. The van der Waals surface area contributed by atoms with Gasteiger partial charge >= 0.3 is 6.09 Å². The average molecular weight is 357 g/mol. The van der Waals surface area contributed by atoms with Crippen LogP contribution >= 0.6 is 0 Å². The van der Waals surface area contributed by atoms with Gasteiger partial charge in [0.25, 0.3) is 5.69 Å². The smallest absolute Gasteiger partial charge is 0.407 e. The molecule has 1 aliphatic rings. The number of hydrogen-bond acceptors (Lipinski definition) is 5. The van der Waals surface area contributed by atoms with Gasteiger partial charge in [-0.1, -0.05) is 12.1 Å². The van der Waals surface area contributed by atoms with E-state index in [2.05, 4.69) is 4.72 Å². The van der Waals surface area contributed by atoms with Gasteiger partial charge in [-0.05, 0) is 31.7 Å². The lowest BCUT2D eigenvalue weighted by molar-refractivity contribution is -0.387. The zero-order chi connectivity index (χ0) is 17.9. The number of nitro groups is 1. The Morgan fingerprint density at radius 1 is 1.29 bits per heavy atom. The predicted molar refractivity (Wildman–Crippen MR) is 85.2 cm³/mol. The van der Waals surface area contributed by atoms with E-state index >= 15 is 0 Å². The van der Waals surface area contributed by atoms with Gasteiger partial charge in [-0.25, -0.2) is 17.9 Å². The minimum absolute atomic E-state index is 0.144. The lowest BCUT2D eigenvalue weighted by Crippen LogP contribution is -2.44. The molecule has 2 rings (SSSR count). The van der Waals surface area contributed by atoms with Crippen molar-refractivity contribution in [2.24, 2.45) is 0 Å². The van der Waals surface area contributed by atoms with E-state index in [0.29, 0.717) is 25.7 Å². The SMILES string of the molecule is CN(C(=O)O)C1CCC(NS(=O)(=O)c2ccccc2[N+](=O)[O-])CC1. The second-order valence-electron chi connectivity index (χ2n) is 5.75. The van der Waals surface area contributed by atoms with Gasteiger partial charge in [-0.3, -0.25) is 10.1 Å². The van der Waals surface area contributed by atoms with E-state index in [1.54, 1.807) is 0 Å². The largest absolute Gasteiger partial charge is 0.465 e. The molecule has 0 aromatic heterocycles. The van der Waals surface area contributed by atoms with E-state index < -0.39 is 26.7 Å². The Morgan fingerprint density at radius 3 is 2.42 bits per heavy atom. The molecule has 132 valence electrons. The topological polar surface area (TPSA) is 130 Å². The highest BCUT2D eigenvalue weighted by Gasteiger charge is 2.31. The summed E-state index contributed by atoms with van der Waals surface area (Å²) in [6, 6.07) is 4.67. The zero-order valence-electron chi connectivity index (χ0n) is 13.1. The Balaban J connectivity index is 2.07. The van der Waals surface area contributed by atoms with Gasteiger partial charge in [0.2, 0.25) is 10.0 Å². The number of nitrogens with zero attached hydrogens (tertiary/aromatic N) is 2. The highest BCUT2D eigenvalue weighted by molar-refractivity contribution is 7.89. The average Bonchev–Trinajstić information content (AvgIpc) is 2.54. The maximum absolute atomic E-state index is 12.4. The minimum Gasteiger partial charge on any atom is -0.465 e. The number of carboxylic acid groups (broad SMARTS) is 1. The van der Waals surface area contributed by atoms with Crippen LogP contribution in [0.2, 0.25) is 0 Å². The number of nitro benzene ring substituents is 1. The molecule has 0 heterocycles. The number of hydrogen-bond donors (Lipinski definition) is 2. The molecule has 0 unspecified atom stereocenters. The molecule has 1 amide bonds. The van der Waals surface area contributed by atoms with Crippen molar-refractivity contribution in [2.75, 3.05) is 7.05 Å². The van der Waals surface area contributed by atoms with Crippen molar-refractivity contribution in [1.82, 2.24) is 9.62 Å². The molecule has 1 aromatic carbocycles. The van der Waals surface area contributed by atoms with Crippen molar-refractivity contribution in [1.29, 1.82) is 0 Å². The van der Waals surface area contributed by atoms with Gasteiger partial charge in [0.1, 0.15) is 0 Å². The monoisotopic (exact) mass is 357 g/mol. The zero-order valence-corrected chi connectivity index (χ0v) is 13.9. The van der Waals surface area contributed by atoms with Crippen LogP contribution in [0.15, 0.2) is 29.2 Å². The Kier molecular flexibility index (Phi) is 5.40. The van der Waals surface area contributed by atoms with E-state index in [4.69, 9.17) is 5.11 Å². The molecule has 0 radical (unpaired) electrons. The number of para-hydroxylation sites is 1. The van der Waals surface area contributed by atoms with Crippen LogP contribution in [0, 0.1) is 10.1 Å². The summed E-state index contributed by atoms with van der Waals surface area (Å²) < 4.78 is 27.4. The molecule has 0 aliphatic heterocycles. The Bertz CT molecular complexity index is 728. The van der Waals surface area contributed by atoms with Crippen molar-refractivity contribution in [3.8, 4) is 0 Å². The maximum Gasteiger partial charge on any atom is 0.407 e. The van der Waals surface area contributed by atoms with Crippen LogP contribution in [-0.2, 0) is 10.0 Å². The third kappa shape index (κ3) is 4.01. The van der Waals surface area contributed by atoms with Crippen LogP contribution in [0.5, 0.6) is 0 Å². The summed E-state index contributed by atoms with van der Waals surface area (Å²) in [6.07, 6.45) is 1.00. The molecule has 24 heavy (non-hydrogen) atoms. The van der Waals surface area contributed by atoms with Crippen molar-refractivity contribution < 1.29 is 23.2 Å². The fraction of sp³-hybridized carbons (Fsp3) is 0.500. The predicted octanol–water partition coefficient (Wildman–Crippen LogP) is 1.79. The standard InChI is InChI=1S/C14H19N3O6S/c1-16(14(18)19)11-8-6-10(7-9-11)15-24(22,23)13-5-3-2-4-12(13)17(20)21/h2-5,10-11,15H,6-9H2,1H3,(H,18,19). The van der Waals surface area contributed by atoms with E-state index in [-0.39, 0.29) is 17.0 Å². The Morgan fingerprint density at radius 2 is 1.88 bits per heavy atom. The molecular formula is C14H19N3O6S. The van der Waals surface area contributed by atoms with E-state index in [0.717, 1.165) is 6.07 Å². The van der Waals surface area contributed by atoms with Crippen LogP contribution < -0.4 is 4.72 Å². The first-order chi connectivity index (χ1) is 11.2. The molecule has 0 bridgehead atoms. The molecule has 0 spiro atoms. The van der Waals surface area contributed by atoms with E-state index in [9.17, 15) is 23.3 Å². The maximum atomic E-state index is 12.4. The number of nitrogens with one attached hydrogen (secondary N) is 1. The summed E-state index contributed by atoms with van der Waals surface area (Å²) in [6.45, 7) is 0. The number of sulfonamides is 1. The molecule has 0 saturated heterocycles. The first-order valence-corrected chi connectivity index (χ1v) is 8.92. The molecule has 1 aliphatic carbocycles. The lowest BCUT2D eigenvalue weighted by atomic mass is 9.91. The van der Waals surface area contributed by atoms with E-state index in [1.807, 2.05) is 0 Å².